The van der Waals surface area contributed by atoms with Gasteiger partial charge in [0.15, 0.2) is 0 Å². The predicted molar refractivity (Wildman–Crippen MR) is 62.6 cm³/mol. The number of likely N-dealkylation sites (tertiary alicyclic amines) is 1. The third-order valence-electron chi connectivity index (χ3n) is 3.13. The number of amides is 1. The van der Waals surface area contributed by atoms with Gasteiger partial charge in [-0.15, -0.1) is 0 Å². The molecule has 82 valence electrons. The first-order chi connectivity index (χ1) is 6.69. The Balaban J connectivity index is 2.37. The summed E-state index contributed by atoms with van der Waals surface area (Å²) in [6.45, 7) is 6.19. The van der Waals surface area contributed by atoms with Crippen molar-refractivity contribution in [3.63, 3.8) is 0 Å². The highest BCUT2D eigenvalue weighted by Crippen LogP contribution is 2.21. The largest absolute Gasteiger partial charge is 0.342 e. The zero-order valence-electron chi connectivity index (χ0n) is 9.13. The predicted octanol–water partition coefficient (Wildman–Crippen LogP) is 2.81. The molecule has 3 heteroatoms. The molecule has 14 heavy (non-hydrogen) atoms. The molecule has 1 rings (SSSR count). The van der Waals surface area contributed by atoms with Crippen molar-refractivity contribution in [2.75, 3.05) is 13.1 Å². The number of carbonyl (C=O) groups excluding carboxylic acids is 1. The molecule has 1 saturated heterocycles. The first kappa shape index (κ1) is 12.0. The molecule has 2 nitrogen and oxygen atoms in total. The van der Waals surface area contributed by atoms with Crippen LogP contribution in [0.15, 0.2) is 0 Å². The number of hydrogen-bond acceptors (Lipinski definition) is 1. The van der Waals surface area contributed by atoms with Crippen molar-refractivity contribution in [1.82, 2.24) is 4.90 Å². The number of carbonyl (C=O) groups is 1. The van der Waals surface area contributed by atoms with E-state index in [1.165, 1.54) is 19.3 Å². The van der Waals surface area contributed by atoms with Crippen LogP contribution >= 0.6 is 15.9 Å². The van der Waals surface area contributed by atoms with E-state index in [1.54, 1.807) is 0 Å². The Morgan fingerprint density at radius 3 is 2.43 bits per heavy atom. The molecule has 1 unspecified atom stereocenters. The molecule has 1 amide bonds. The lowest BCUT2D eigenvalue weighted by molar-refractivity contribution is -0.131. The van der Waals surface area contributed by atoms with Crippen molar-refractivity contribution >= 4 is 21.8 Å². The number of hydrogen-bond donors (Lipinski definition) is 0. The fraction of sp³-hybridized carbons (Fsp3) is 0.909. The topological polar surface area (TPSA) is 20.3 Å². The van der Waals surface area contributed by atoms with Crippen molar-refractivity contribution in [2.24, 2.45) is 5.92 Å². The summed E-state index contributed by atoms with van der Waals surface area (Å²) in [6.07, 6.45) is 4.51. The molecule has 0 aromatic rings. The van der Waals surface area contributed by atoms with Gasteiger partial charge in [0.25, 0.3) is 0 Å². The van der Waals surface area contributed by atoms with Gasteiger partial charge in [-0.25, -0.2) is 0 Å². The highest BCUT2D eigenvalue weighted by atomic mass is 79.9. The van der Waals surface area contributed by atoms with Crippen molar-refractivity contribution in [2.45, 2.75) is 44.4 Å². The number of halogens is 1. The van der Waals surface area contributed by atoms with Gasteiger partial charge < -0.3 is 4.90 Å². The summed E-state index contributed by atoms with van der Waals surface area (Å²) in [5.74, 6) is 1.12. The Bertz CT molecular complexity index is 188. The fourth-order valence-corrected chi connectivity index (χ4v) is 2.22. The quantitative estimate of drug-likeness (QED) is 0.716. The van der Waals surface area contributed by atoms with Gasteiger partial charge in [0, 0.05) is 13.1 Å². The Morgan fingerprint density at radius 1 is 1.43 bits per heavy atom. The van der Waals surface area contributed by atoms with Crippen LogP contribution in [-0.4, -0.2) is 28.7 Å². The van der Waals surface area contributed by atoms with Crippen LogP contribution in [0.5, 0.6) is 0 Å². The fourth-order valence-electron chi connectivity index (χ4n) is 1.93. The minimum Gasteiger partial charge on any atom is -0.342 e. The number of rotatable bonds is 3. The Kier molecular flexibility index (Phi) is 4.93. The molecule has 1 fully saturated rings. The normalized spacial score (nSPS) is 20.9. The zero-order chi connectivity index (χ0) is 10.6. The molecule has 0 spiro atoms. The first-order valence-corrected chi connectivity index (χ1v) is 6.53. The van der Waals surface area contributed by atoms with Gasteiger partial charge in [-0.3, -0.25) is 4.79 Å². The molecule has 1 heterocycles. The monoisotopic (exact) mass is 261 g/mol. The molecule has 1 aliphatic heterocycles. The van der Waals surface area contributed by atoms with Crippen LogP contribution in [0, 0.1) is 5.92 Å². The van der Waals surface area contributed by atoms with E-state index in [0.29, 0.717) is 0 Å². The summed E-state index contributed by atoms with van der Waals surface area (Å²) in [4.78, 5) is 13.8. The van der Waals surface area contributed by atoms with Gasteiger partial charge in [-0.2, -0.15) is 0 Å². The standard InChI is InChI=1S/C11H20BrNO/c1-3-9-5-7-13(8-6-9)11(14)10(12)4-2/h9-10H,3-8H2,1-2H3. The number of nitrogens with zero attached hydrogens (tertiary/aromatic N) is 1. The van der Waals surface area contributed by atoms with E-state index in [-0.39, 0.29) is 10.7 Å². The maximum Gasteiger partial charge on any atom is 0.236 e. The van der Waals surface area contributed by atoms with Crippen LogP contribution < -0.4 is 0 Å². The Morgan fingerprint density at radius 2 is 2.00 bits per heavy atom. The third-order valence-corrected chi connectivity index (χ3v) is 4.17. The molecule has 0 aromatic carbocycles. The van der Waals surface area contributed by atoms with E-state index in [4.69, 9.17) is 0 Å². The summed E-state index contributed by atoms with van der Waals surface area (Å²) in [5.41, 5.74) is 0. The molecule has 0 aromatic heterocycles. The van der Waals surface area contributed by atoms with Crippen LogP contribution in [0.4, 0.5) is 0 Å². The van der Waals surface area contributed by atoms with Crippen molar-refractivity contribution in [3.8, 4) is 0 Å². The van der Waals surface area contributed by atoms with Crippen molar-refractivity contribution in [3.05, 3.63) is 0 Å². The second-order valence-electron chi connectivity index (χ2n) is 4.05. The van der Waals surface area contributed by atoms with Crippen LogP contribution in [0.2, 0.25) is 0 Å². The Labute approximate surface area is 95.2 Å². The van der Waals surface area contributed by atoms with Gasteiger partial charge in [0.2, 0.25) is 5.91 Å². The van der Waals surface area contributed by atoms with Gasteiger partial charge in [-0.05, 0) is 25.2 Å². The van der Waals surface area contributed by atoms with Gasteiger partial charge in [0.1, 0.15) is 0 Å². The lowest BCUT2D eigenvalue weighted by atomic mass is 9.94. The van der Waals surface area contributed by atoms with E-state index in [2.05, 4.69) is 22.9 Å². The minimum absolute atomic E-state index is 0.0284. The number of alkyl halides is 1. The summed E-state index contributed by atoms with van der Waals surface area (Å²) >= 11 is 3.42. The lowest BCUT2D eigenvalue weighted by Gasteiger charge is -2.32. The second-order valence-corrected chi connectivity index (χ2v) is 5.16. The summed E-state index contributed by atoms with van der Waals surface area (Å²) in [5, 5.41) is 0. The molecule has 1 aliphatic rings. The van der Waals surface area contributed by atoms with Crippen molar-refractivity contribution in [1.29, 1.82) is 0 Å². The van der Waals surface area contributed by atoms with E-state index >= 15 is 0 Å². The molecular weight excluding hydrogens is 242 g/mol. The van der Waals surface area contributed by atoms with Crippen LogP contribution in [0.25, 0.3) is 0 Å². The molecular formula is C11H20BrNO. The highest BCUT2D eigenvalue weighted by molar-refractivity contribution is 9.10. The van der Waals surface area contributed by atoms with E-state index in [1.807, 2.05) is 11.8 Å². The number of piperidine rings is 1. The van der Waals surface area contributed by atoms with Gasteiger partial charge in [0.05, 0.1) is 4.83 Å². The molecule has 0 N–H and O–H groups in total. The molecule has 0 bridgehead atoms. The highest BCUT2D eigenvalue weighted by Gasteiger charge is 2.24. The maximum absolute atomic E-state index is 11.8. The second kappa shape index (κ2) is 5.74. The Hall–Kier alpha value is -0.0500. The smallest absolute Gasteiger partial charge is 0.236 e. The molecule has 1 atom stereocenters. The first-order valence-electron chi connectivity index (χ1n) is 5.61. The minimum atomic E-state index is 0.0284. The zero-order valence-corrected chi connectivity index (χ0v) is 10.7. The molecule has 0 aliphatic carbocycles. The average molecular weight is 262 g/mol. The van der Waals surface area contributed by atoms with E-state index in [9.17, 15) is 4.79 Å². The SMILES string of the molecule is CCC1CCN(C(=O)C(Br)CC)CC1. The van der Waals surface area contributed by atoms with Crippen LogP contribution in [-0.2, 0) is 4.79 Å². The van der Waals surface area contributed by atoms with Gasteiger partial charge in [-0.1, -0.05) is 36.2 Å². The van der Waals surface area contributed by atoms with E-state index < -0.39 is 0 Å². The maximum atomic E-state index is 11.8. The van der Waals surface area contributed by atoms with Crippen LogP contribution in [0.3, 0.4) is 0 Å². The summed E-state index contributed by atoms with van der Waals surface area (Å²) < 4.78 is 0. The van der Waals surface area contributed by atoms with E-state index in [0.717, 1.165) is 25.4 Å². The lowest BCUT2D eigenvalue weighted by Crippen LogP contribution is -2.41. The average Bonchev–Trinajstić information content (AvgIpc) is 2.27. The molecule has 0 saturated carbocycles. The molecule has 0 radical (unpaired) electrons. The van der Waals surface area contributed by atoms with Gasteiger partial charge >= 0.3 is 0 Å². The van der Waals surface area contributed by atoms with Crippen molar-refractivity contribution < 1.29 is 4.79 Å². The third kappa shape index (κ3) is 2.97. The van der Waals surface area contributed by atoms with Crippen LogP contribution in [0.1, 0.15) is 39.5 Å². The summed E-state index contributed by atoms with van der Waals surface area (Å²) in [6, 6.07) is 0. The summed E-state index contributed by atoms with van der Waals surface area (Å²) in [7, 11) is 0.